The van der Waals surface area contributed by atoms with Crippen molar-refractivity contribution in [1.29, 1.82) is 0 Å². The topological polar surface area (TPSA) is 139 Å². The van der Waals surface area contributed by atoms with Gasteiger partial charge >= 0.3 is 0 Å². The number of anilines is 1. The van der Waals surface area contributed by atoms with E-state index in [1.165, 1.54) is 18.3 Å². The van der Waals surface area contributed by atoms with Crippen molar-refractivity contribution in [3.8, 4) is 0 Å². The number of thiazole rings is 1. The van der Waals surface area contributed by atoms with E-state index in [1.54, 1.807) is 7.05 Å². The zero-order valence-electron chi connectivity index (χ0n) is 18.6. The van der Waals surface area contributed by atoms with Crippen LogP contribution in [-0.2, 0) is 29.0 Å². The van der Waals surface area contributed by atoms with Gasteiger partial charge in [-0.2, -0.15) is 0 Å². The predicted molar refractivity (Wildman–Crippen MR) is 128 cm³/mol. The number of nitrogens with zero attached hydrogens (tertiary/aromatic N) is 3. The Morgan fingerprint density at radius 1 is 1.19 bits per heavy atom. The van der Waals surface area contributed by atoms with Gasteiger partial charge < -0.3 is 22.1 Å². The molecule has 6 N–H and O–H groups in total. The highest BCUT2D eigenvalue weighted by Gasteiger charge is 2.25. The Balaban J connectivity index is 1.66. The number of guanidine groups is 1. The first-order valence-corrected chi connectivity index (χ1v) is 11.5. The predicted octanol–water partition coefficient (Wildman–Crippen LogP) is 1.75. The second-order valence-corrected chi connectivity index (χ2v) is 9.02. The van der Waals surface area contributed by atoms with Crippen LogP contribution in [0.5, 0.6) is 0 Å². The number of nitrogens with two attached hydrogens (primary N) is 2. The third-order valence-corrected chi connectivity index (χ3v) is 6.48. The molecule has 1 aliphatic rings. The van der Waals surface area contributed by atoms with Crippen LogP contribution in [0, 0.1) is 5.92 Å². The minimum Gasteiger partial charge on any atom is -0.370 e. The highest BCUT2D eigenvalue weighted by molar-refractivity contribution is 7.15. The number of aromatic nitrogens is 1. The van der Waals surface area contributed by atoms with Crippen LogP contribution in [0.4, 0.5) is 10.8 Å². The van der Waals surface area contributed by atoms with Crippen LogP contribution in [0.25, 0.3) is 0 Å². The molecule has 1 aliphatic heterocycles. The number of nitrogens with one attached hydrogen (secondary N) is 2. The van der Waals surface area contributed by atoms with Gasteiger partial charge in [-0.15, -0.1) is 11.3 Å². The SMILES string of the molecule is CNC(=O)C1CCN(Cc2sc(NC(C)=O)nc2CCc2ccc(N=C(N)N)cc2)CC1. The number of carbonyl (C=O) groups excluding carboxylic acids is 2. The van der Waals surface area contributed by atoms with Gasteiger partial charge in [0.2, 0.25) is 11.8 Å². The number of aryl methyl sites for hydroxylation is 2. The van der Waals surface area contributed by atoms with Gasteiger partial charge in [-0.1, -0.05) is 12.1 Å². The van der Waals surface area contributed by atoms with Crippen LogP contribution in [-0.4, -0.2) is 47.8 Å². The minimum absolute atomic E-state index is 0.0368. The van der Waals surface area contributed by atoms with Crippen molar-refractivity contribution in [3.05, 3.63) is 40.4 Å². The van der Waals surface area contributed by atoms with Crippen molar-refractivity contribution in [2.24, 2.45) is 22.4 Å². The van der Waals surface area contributed by atoms with E-state index in [4.69, 9.17) is 11.5 Å². The van der Waals surface area contributed by atoms with Gasteiger partial charge in [0.25, 0.3) is 0 Å². The summed E-state index contributed by atoms with van der Waals surface area (Å²) in [6.07, 6.45) is 3.29. The highest BCUT2D eigenvalue weighted by Crippen LogP contribution is 2.28. The number of hydrogen-bond donors (Lipinski definition) is 4. The van der Waals surface area contributed by atoms with Crippen LogP contribution in [0.1, 0.15) is 35.9 Å². The lowest BCUT2D eigenvalue weighted by Crippen LogP contribution is -2.39. The van der Waals surface area contributed by atoms with E-state index in [2.05, 4.69) is 25.5 Å². The van der Waals surface area contributed by atoms with Gasteiger partial charge in [-0.25, -0.2) is 9.98 Å². The molecule has 2 heterocycles. The second kappa shape index (κ2) is 11.1. The monoisotopic (exact) mass is 457 g/mol. The molecule has 0 radical (unpaired) electrons. The molecular formula is C22H31N7O2S. The fraction of sp³-hybridized carbons (Fsp3) is 0.455. The summed E-state index contributed by atoms with van der Waals surface area (Å²) in [5, 5.41) is 6.19. The number of rotatable bonds is 8. The number of aliphatic imine (C=N–C) groups is 1. The number of benzene rings is 1. The summed E-state index contributed by atoms with van der Waals surface area (Å²) in [6.45, 7) is 4.01. The number of hydrogen-bond acceptors (Lipinski definition) is 6. The molecule has 3 rings (SSSR count). The summed E-state index contributed by atoms with van der Waals surface area (Å²) in [7, 11) is 1.69. The molecule has 0 atom stereocenters. The zero-order chi connectivity index (χ0) is 23.1. The Hall–Kier alpha value is -2.98. The van der Waals surface area contributed by atoms with E-state index in [0.29, 0.717) is 5.13 Å². The molecule has 32 heavy (non-hydrogen) atoms. The fourth-order valence-corrected chi connectivity index (χ4v) is 4.91. The molecular weight excluding hydrogens is 426 g/mol. The molecule has 1 aromatic heterocycles. The molecule has 0 spiro atoms. The van der Waals surface area contributed by atoms with Crippen LogP contribution in [0.2, 0.25) is 0 Å². The molecule has 2 aromatic rings. The zero-order valence-corrected chi connectivity index (χ0v) is 19.4. The van der Waals surface area contributed by atoms with Gasteiger partial charge in [-0.05, 0) is 56.5 Å². The molecule has 1 fully saturated rings. The number of carbonyl (C=O) groups is 2. The molecule has 0 unspecified atom stereocenters. The quantitative estimate of drug-likeness (QED) is 0.352. The van der Waals surface area contributed by atoms with Gasteiger partial charge in [0, 0.05) is 31.3 Å². The summed E-state index contributed by atoms with van der Waals surface area (Å²) in [5.41, 5.74) is 13.7. The molecule has 9 nitrogen and oxygen atoms in total. The van der Waals surface area contributed by atoms with Crippen molar-refractivity contribution in [3.63, 3.8) is 0 Å². The van der Waals surface area contributed by atoms with Gasteiger partial charge in [0.1, 0.15) is 0 Å². The molecule has 0 saturated carbocycles. The Morgan fingerprint density at radius 2 is 1.88 bits per heavy atom. The maximum Gasteiger partial charge on any atom is 0.223 e. The van der Waals surface area contributed by atoms with Gasteiger partial charge in [0.05, 0.1) is 11.4 Å². The van der Waals surface area contributed by atoms with Crippen LogP contribution in [0.15, 0.2) is 29.3 Å². The van der Waals surface area contributed by atoms with E-state index in [1.807, 2.05) is 24.3 Å². The second-order valence-electron chi connectivity index (χ2n) is 7.94. The summed E-state index contributed by atoms with van der Waals surface area (Å²) in [5.74, 6) is 0.129. The molecule has 1 saturated heterocycles. The average molecular weight is 458 g/mol. The Morgan fingerprint density at radius 3 is 2.47 bits per heavy atom. The maximum atomic E-state index is 11.9. The van der Waals surface area contributed by atoms with E-state index in [-0.39, 0.29) is 23.7 Å². The Kier molecular flexibility index (Phi) is 8.18. The molecule has 1 aromatic carbocycles. The standard InChI is InChI=1S/C22H31N7O2S/c1-14(30)26-22-28-18(8-5-15-3-6-17(7-4-15)27-21(23)24)19(32-22)13-29-11-9-16(10-12-29)20(31)25-2/h3-4,6-7,16H,5,8-13H2,1-2H3,(H,25,31)(H4,23,24,27)(H,26,28,30). The van der Waals surface area contributed by atoms with Crippen molar-refractivity contribution in [1.82, 2.24) is 15.2 Å². The largest absolute Gasteiger partial charge is 0.370 e. The van der Waals surface area contributed by atoms with E-state index < -0.39 is 0 Å². The Bertz CT molecular complexity index is 959. The molecule has 0 aliphatic carbocycles. The lowest BCUT2D eigenvalue weighted by atomic mass is 9.96. The first-order valence-electron chi connectivity index (χ1n) is 10.7. The maximum absolute atomic E-state index is 11.9. The normalized spacial score (nSPS) is 14.7. The summed E-state index contributed by atoms with van der Waals surface area (Å²) in [6, 6.07) is 7.78. The van der Waals surface area contributed by atoms with Crippen LogP contribution in [0.3, 0.4) is 0 Å². The first-order chi connectivity index (χ1) is 15.3. The number of piperidine rings is 1. The van der Waals surface area contributed by atoms with Gasteiger partial charge in [0.15, 0.2) is 11.1 Å². The molecule has 172 valence electrons. The number of likely N-dealkylation sites (tertiary alicyclic amines) is 1. The minimum atomic E-state index is -0.126. The van der Waals surface area contributed by atoms with Crippen LogP contribution < -0.4 is 22.1 Å². The first kappa shape index (κ1) is 23.7. The van der Waals surface area contributed by atoms with Crippen molar-refractivity contribution in [2.75, 3.05) is 25.5 Å². The summed E-state index contributed by atoms with van der Waals surface area (Å²) in [4.78, 5) is 35.6. The highest BCUT2D eigenvalue weighted by atomic mass is 32.1. The van der Waals surface area contributed by atoms with Crippen LogP contribution >= 0.6 is 11.3 Å². The summed E-state index contributed by atoms with van der Waals surface area (Å²) < 4.78 is 0. The molecule has 10 heteroatoms. The average Bonchev–Trinajstić information content (AvgIpc) is 3.13. The van der Waals surface area contributed by atoms with Crippen molar-refractivity contribution in [2.45, 2.75) is 39.2 Å². The lowest BCUT2D eigenvalue weighted by Gasteiger charge is -2.30. The Labute approximate surface area is 192 Å². The fourth-order valence-electron chi connectivity index (χ4n) is 3.82. The number of amides is 2. The van der Waals surface area contributed by atoms with E-state index in [9.17, 15) is 9.59 Å². The van der Waals surface area contributed by atoms with Crippen molar-refractivity contribution < 1.29 is 9.59 Å². The van der Waals surface area contributed by atoms with Crippen molar-refractivity contribution >= 4 is 39.9 Å². The third kappa shape index (κ3) is 6.76. The molecule has 2 amide bonds. The lowest BCUT2D eigenvalue weighted by molar-refractivity contribution is -0.126. The van der Waals surface area contributed by atoms with Gasteiger partial charge in [-0.3, -0.25) is 14.5 Å². The smallest absolute Gasteiger partial charge is 0.223 e. The summed E-state index contributed by atoms with van der Waals surface area (Å²) >= 11 is 1.53. The van der Waals surface area contributed by atoms with E-state index >= 15 is 0 Å². The van der Waals surface area contributed by atoms with E-state index in [0.717, 1.165) is 67.1 Å². The third-order valence-electron chi connectivity index (χ3n) is 5.48. The molecule has 0 bridgehead atoms.